The number of carbonyl (C=O) groups excluding carboxylic acids is 1. The summed E-state index contributed by atoms with van der Waals surface area (Å²) < 4.78 is 12.8. The van der Waals surface area contributed by atoms with Crippen molar-refractivity contribution in [2.75, 3.05) is 5.32 Å². The van der Waals surface area contributed by atoms with Crippen molar-refractivity contribution in [3.63, 3.8) is 0 Å². The maximum Gasteiger partial charge on any atom is 0.248 e. The van der Waals surface area contributed by atoms with Gasteiger partial charge in [0.2, 0.25) is 5.91 Å². The summed E-state index contributed by atoms with van der Waals surface area (Å²) in [6.45, 7) is 1.89. The molecule has 0 spiro atoms. The van der Waals surface area contributed by atoms with Gasteiger partial charge in [-0.25, -0.2) is 4.39 Å². The molecule has 114 valence electrons. The van der Waals surface area contributed by atoms with Gasteiger partial charge in [0.1, 0.15) is 5.82 Å². The van der Waals surface area contributed by atoms with E-state index in [1.807, 2.05) is 37.3 Å². The van der Waals surface area contributed by atoms with Crippen LogP contribution < -0.4 is 5.32 Å². The molecule has 0 aliphatic heterocycles. The molecule has 0 saturated carbocycles. The number of fused-ring (bicyclic) bond motifs is 1. The molecule has 0 bridgehead atoms. The van der Waals surface area contributed by atoms with Crippen molar-refractivity contribution in [3.8, 4) is 0 Å². The van der Waals surface area contributed by atoms with Crippen molar-refractivity contribution in [2.24, 2.45) is 0 Å². The number of anilines is 1. The number of nitrogens with one attached hydrogen (secondary N) is 1. The Kier molecular flexibility index (Phi) is 4.15. The Labute approximate surface area is 133 Å². The molecule has 1 aromatic heterocycles. The van der Waals surface area contributed by atoms with Gasteiger partial charge >= 0.3 is 0 Å². The Bertz CT molecular complexity index is 886. The minimum absolute atomic E-state index is 0.245. The van der Waals surface area contributed by atoms with Gasteiger partial charge in [0.05, 0.1) is 11.2 Å². The minimum atomic E-state index is -0.301. The van der Waals surface area contributed by atoms with Crippen molar-refractivity contribution >= 4 is 28.6 Å². The van der Waals surface area contributed by atoms with Crippen molar-refractivity contribution < 1.29 is 9.18 Å². The number of hydrogen-bond acceptors (Lipinski definition) is 2. The van der Waals surface area contributed by atoms with E-state index in [0.717, 1.165) is 27.8 Å². The van der Waals surface area contributed by atoms with Crippen LogP contribution in [0.2, 0.25) is 0 Å². The average molecular weight is 306 g/mol. The first kappa shape index (κ1) is 14.9. The number of carbonyl (C=O) groups is 1. The van der Waals surface area contributed by atoms with Gasteiger partial charge in [-0.05, 0) is 42.8 Å². The van der Waals surface area contributed by atoms with Crippen LogP contribution in [0.15, 0.2) is 60.7 Å². The smallest absolute Gasteiger partial charge is 0.248 e. The number of aryl methyl sites for hydroxylation is 1. The highest BCUT2D eigenvalue weighted by molar-refractivity contribution is 6.07. The zero-order valence-corrected chi connectivity index (χ0v) is 12.6. The SMILES string of the molecule is Cc1cc(NC(=O)/C=C/c2ccc(F)cc2)c2ccccc2n1. The molecule has 3 nitrogen and oxygen atoms in total. The van der Waals surface area contributed by atoms with Gasteiger partial charge < -0.3 is 5.32 Å². The molecule has 23 heavy (non-hydrogen) atoms. The van der Waals surface area contributed by atoms with Crippen LogP contribution in [0.4, 0.5) is 10.1 Å². The van der Waals surface area contributed by atoms with Crippen molar-refractivity contribution in [1.82, 2.24) is 4.98 Å². The zero-order chi connectivity index (χ0) is 16.2. The second-order valence-electron chi connectivity index (χ2n) is 5.20. The standard InChI is InChI=1S/C19H15FN2O/c1-13-12-18(16-4-2-3-5-17(16)21-13)22-19(23)11-8-14-6-9-15(20)10-7-14/h2-12H,1H3,(H,21,22,23)/b11-8+. The Morgan fingerprint density at radius 2 is 1.87 bits per heavy atom. The molecular weight excluding hydrogens is 291 g/mol. The first-order chi connectivity index (χ1) is 11.1. The summed E-state index contributed by atoms with van der Waals surface area (Å²) in [5, 5.41) is 3.76. The molecule has 4 heteroatoms. The van der Waals surface area contributed by atoms with Crippen LogP contribution >= 0.6 is 0 Å². The third-order valence-electron chi connectivity index (χ3n) is 3.40. The number of rotatable bonds is 3. The maximum atomic E-state index is 12.8. The molecule has 0 saturated heterocycles. The summed E-state index contributed by atoms with van der Waals surface area (Å²) in [4.78, 5) is 16.6. The van der Waals surface area contributed by atoms with E-state index >= 15 is 0 Å². The van der Waals surface area contributed by atoms with E-state index in [2.05, 4.69) is 10.3 Å². The van der Waals surface area contributed by atoms with Gasteiger partial charge in [0.15, 0.2) is 0 Å². The zero-order valence-electron chi connectivity index (χ0n) is 12.6. The van der Waals surface area contributed by atoms with E-state index in [1.54, 1.807) is 18.2 Å². The molecule has 3 aromatic rings. The average Bonchev–Trinajstić information content (AvgIpc) is 2.54. The van der Waals surface area contributed by atoms with Crippen molar-refractivity contribution in [1.29, 1.82) is 0 Å². The Morgan fingerprint density at radius 3 is 2.65 bits per heavy atom. The quantitative estimate of drug-likeness (QED) is 0.732. The lowest BCUT2D eigenvalue weighted by Gasteiger charge is -2.08. The fourth-order valence-corrected chi connectivity index (χ4v) is 2.33. The number of nitrogens with zero attached hydrogens (tertiary/aromatic N) is 1. The third kappa shape index (κ3) is 3.61. The Hall–Kier alpha value is -3.01. The lowest BCUT2D eigenvalue weighted by Crippen LogP contribution is -2.08. The molecule has 1 N–H and O–H groups in total. The molecule has 0 aliphatic rings. The van der Waals surface area contributed by atoms with Crippen molar-refractivity contribution in [2.45, 2.75) is 6.92 Å². The van der Waals surface area contributed by atoms with Crippen molar-refractivity contribution in [3.05, 3.63) is 77.7 Å². The van der Waals surface area contributed by atoms with Crippen LogP contribution in [0.3, 0.4) is 0 Å². The molecule has 0 radical (unpaired) electrons. The molecule has 3 rings (SSSR count). The van der Waals surface area contributed by atoms with E-state index in [9.17, 15) is 9.18 Å². The predicted octanol–water partition coefficient (Wildman–Crippen LogP) is 4.33. The first-order valence-corrected chi connectivity index (χ1v) is 7.23. The molecule has 0 unspecified atom stereocenters. The third-order valence-corrected chi connectivity index (χ3v) is 3.40. The topological polar surface area (TPSA) is 42.0 Å². The fraction of sp³-hybridized carbons (Fsp3) is 0.0526. The van der Waals surface area contributed by atoms with E-state index in [-0.39, 0.29) is 11.7 Å². The number of hydrogen-bond donors (Lipinski definition) is 1. The second kappa shape index (κ2) is 6.40. The van der Waals surface area contributed by atoms with Crippen LogP contribution in [0.5, 0.6) is 0 Å². The maximum absolute atomic E-state index is 12.8. The molecule has 0 atom stereocenters. The highest BCUT2D eigenvalue weighted by Gasteiger charge is 2.05. The van der Waals surface area contributed by atoms with E-state index < -0.39 is 0 Å². The fourth-order valence-electron chi connectivity index (χ4n) is 2.33. The number of aromatic nitrogens is 1. The summed E-state index contributed by atoms with van der Waals surface area (Å²) in [6.07, 6.45) is 3.07. The lowest BCUT2D eigenvalue weighted by atomic mass is 10.1. The number of halogens is 1. The van der Waals surface area contributed by atoms with Crippen LogP contribution in [0.25, 0.3) is 17.0 Å². The normalized spacial score (nSPS) is 11.0. The Balaban J connectivity index is 1.81. The predicted molar refractivity (Wildman–Crippen MR) is 90.5 cm³/mol. The van der Waals surface area contributed by atoms with E-state index in [4.69, 9.17) is 0 Å². The summed E-state index contributed by atoms with van der Waals surface area (Å²) in [5.41, 5.74) is 3.16. The van der Waals surface area contributed by atoms with E-state index in [0.29, 0.717) is 0 Å². The van der Waals surface area contributed by atoms with Crippen LogP contribution in [-0.2, 0) is 4.79 Å². The van der Waals surface area contributed by atoms with Crippen LogP contribution in [0.1, 0.15) is 11.3 Å². The number of amides is 1. The van der Waals surface area contributed by atoms with Gasteiger partial charge in [0, 0.05) is 17.2 Å². The summed E-state index contributed by atoms with van der Waals surface area (Å²) >= 11 is 0. The molecule has 0 aliphatic carbocycles. The number of para-hydroxylation sites is 1. The largest absolute Gasteiger partial charge is 0.322 e. The molecule has 2 aromatic carbocycles. The molecule has 1 amide bonds. The second-order valence-corrected chi connectivity index (χ2v) is 5.20. The summed E-state index contributed by atoms with van der Waals surface area (Å²) in [5.74, 6) is -0.546. The minimum Gasteiger partial charge on any atom is -0.322 e. The number of pyridine rings is 1. The van der Waals surface area contributed by atoms with E-state index in [1.165, 1.54) is 18.2 Å². The Morgan fingerprint density at radius 1 is 1.13 bits per heavy atom. The highest BCUT2D eigenvalue weighted by atomic mass is 19.1. The summed E-state index contributed by atoms with van der Waals surface area (Å²) in [6, 6.07) is 15.4. The van der Waals surface area contributed by atoms with Crippen LogP contribution in [0, 0.1) is 12.7 Å². The van der Waals surface area contributed by atoms with Gasteiger partial charge in [-0.15, -0.1) is 0 Å². The van der Waals surface area contributed by atoms with Gasteiger partial charge in [-0.3, -0.25) is 9.78 Å². The number of benzene rings is 2. The summed E-state index contributed by atoms with van der Waals surface area (Å²) in [7, 11) is 0. The van der Waals surface area contributed by atoms with Crippen LogP contribution in [-0.4, -0.2) is 10.9 Å². The van der Waals surface area contributed by atoms with Gasteiger partial charge in [0.25, 0.3) is 0 Å². The molecular formula is C19H15FN2O. The van der Waals surface area contributed by atoms with Gasteiger partial charge in [-0.1, -0.05) is 30.3 Å². The molecule has 0 fully saturated rings. The highest BCUT2D eigenvalue weighted by Crippen LogP contribution is 2.22. The monoisotopic (exact) mass is 306 g/mol. The van der Waals surface area contributed by atoms with Gasteiger partial charge in [-0.2, -0.15) is 0 Å². The first-order valence-electron chi connectivity index (χ1n) is 7.23. The lowest BCUT2D eigenvalue weighted by molar-refractivity contribution is -0.111. The molecule has 1 heterocycles.